The molecule has 0 radical (unpaired) electrons. The van der Waals surface area contributed by atoms with Crippen molar-refractivity contribution in [3.05, 3.63) is 42.1 Å². The Morgan fingerprint density at radius 2 is 1.75 bits per heavy atom. The van der Waals surface area contributed by atoms with Crippen molar-refractivity contribution in [2.24, 2.45) is 4.99 Å². The van der Waals surface area contributed by atoms with Gasteiger partial charge in [0.1, 0.15) is 5.75 Å². The number of ether oxygens (including phenoxy) is 1. The molecule has 1 aliphatic rings. The van der Waals surface area contributed by atoms with E-state index in [-0.39, 0.29) is 5.41 Å². The van der Waals surface area contributed by atoms with E-state index in [1.165, 1.54) is 5.56 Å². The summed E-state index contributed by atoms with van der Waals surface area (Å²) < 4.78 is 5.19. The van der Waals surface area contributed by atoms with Crippen molar-refractivity contribution in [1.82, 2.24) is 4.98 Å². The van der Waals surface area contributed by atoms with Crippen LogP contribution >= 0.6 is 0 Å². The minimum absolute atomic E-state index is 0.0369. The number of pyridine rings is 1. The molecule has 0 saturated carbocycles. The second kappa shape index (κ2) is 4.44. The Kier molecular flexibility index (Phi) is 2.85. The van der Waals surface area contributed by atoms with Crippen molar-refractivity contribution in [1.29, 1.82) is 0 Å². The standard InChI is InChI=1S/C17H18N2O/c1-11-17(2,3)15-9-13(10-18-16(15)19-11)12-5-7-14(20-4)8-6-12/h5-10H,1-4H3. The smallest absolute Gasteiger partial charge is 0.155 e. The van der Waals surface area contributed by atoms with Crippen LogP contribution in [-0.2, 0) is 5.41 Å². The van der Waals surface area contributed by atoms with Crippen LogP contribution in [0.1, 0.15) is 26.3 Å². The molecule has 0 N–H and O–H groups in total. The molecule has 3 nitrogen and oxygen atoms in total. The Hall–Kier alpha value is -2.16. The SMILES string of the molecule is COc1ccc(-c2cnc3c(c2)C(C)(C)C(C)=N3)cc1. The molecule has 1 aromatic carbocycles. The fraction of sp³-hybridized carbons (Fsp3) is 0.294. The highest BCUT2D eigenvalue weighted by Gasteiger charge is 2.33. The summed E-state index contributed by atoms with van der Waals surface area (Å²) in [6, 6.07) is 10.2. The first-order chi connectivity index (χ1) is 9.52. The van der Waals surface area contributed by atoms with Crippen LogP contribution in [0.4, 0.5) is 5.82 Å². The highest BCUT2D eigenvalue weighted by Crippen LogP contribution is 2.40. The Morgan fingerprint density at radius 1 is 1.05 bits per heavy atom. The van der Waals surface area contributed by atoms with Crippen molar-refractivity contribution in [2.45, 2.75) is 26.2 Å². The van der Waals surface area contributed by atoms with Gasteiger partial charge in [0.05, 0.1) is 7.11 Å². The van der Waals surface area contributed by atoms with Crippen molar-refractivity contribution in [3.63, 3.8) is 0 Å². The summed E-state index contributed by atoms with van der Waals surface area (Å²) in [5.74, 6) is 1.71. The van der Waals surface area contributed by atoms with Gasteiger partial charge in [-0.3, -0.25) is 0 Å². The summed E-state index contributed by atoms with van der Waals surface area (Å²) in [5, 5.41) is 0. The number of aromatic nitrogens is 1. The molecule has 0 fully saturated rings. The van der Waals surface area contributed by atoms with E-state index in [1.807, 2.05) is 18.3 Å². The number of hydrogen-bond donors (Lipinski definition) is 0. The molecule has 0 unspecified atom stereocenters. The van der Waals surface area contributed by atoms with Crippen molar-refractivity contribution in [3.8, 4) is 16.9 Å². The molecule has 3 heteroatoms. The van der Waals surface area contributed by atoms with E-state index >= 15 is 0 Å². The number of fused-ring (bicyclic) bond motifs is 1. The fourth-order valence-electron chi connectivity index (χ4n) is 2.44. The Bertz CT molecular complexity index is 685. The largest absolute Gasteiger partial charge is 0.497 e. The normalized spacial score (nSPS) is 15.7. The molecule has 0 amide bonds. The third-order valence-electron chi connectivity index (χ3n) is 4.14. The molecule has 0 aliphatic carbocycles. The van der Waals surface area contributed by atoms with E-state index in [9.17, 15) is 0 Å². The lowest BCUT2D eigenvalue weighted by Crippen LogP contribution is -2.22. The van der Waals surface area contributed by atoms with Crippen LogP contribution in [0.2, 0.25) is 0 Å². The van der Waals surface area contributed by atoms with E-state index < -0.39 is 0 Å². The van der Waals surface area contributed by atoms with Crippen molar-refractivity contribution in [2.75, 3.05) is 7.11 Å². The quantitative estimate of drug-likeness (QED) is 0.818. The summed E-state index contributed by atoms with van der Waals surface area (Å²) in [6.07, 6.45) is 1.89. The molecule has 3 rings (SSSR count). The lowest BCUT2D eigenvalue weighted by atomic mass is 9.82. The van der Waals surface area contributed by atoms with E-state index in [0.29, 0.717) is 0 Å². The third-order valence-corrected chi connectivity index (χ3v) is 4.14. The Labute approximate surface area is 119 Å². The molecule has 102 valence electrons. The van der Waals surface area contributed by atoms with Gasteiger partial charge in [0.25, 0.3) is 0 Å². The number of methoxy groups -OCH3 is 1. The highest BCUT2D eigenvalue weighted by atomic mass is 16.5. The molecule has 1 aliphatic heterocycles. The van der Waals surface area contributed by atoms with Crippen LogP contribution in [0.15, 0.2) is 41.5 Å². The molecule has 2 aromatic rings. The maximum absolute atomic E-state index is 5.19. The van der Waals surface area contributed by atoms with E-state index in [1.54, 1.807) is 7.11 Å². The van der Waals surface area contributed by atoms with Crippen LogP contribution in [0.3, 0.4) is 0 Å². The molecule has 20 heavy (non-hydrogen) atoms. The van der Waals surface area contributed by atoms with Gasteiger partial charge in [-0.25, -0.2) is 9.98 Å². The van der Waals surface area contributed by atoms with Gasteiger partial charge in [-0.1, -0.05) is 26.0 Å². The van der Waals surface area contributed by atoms with Gasteiger partial charge in [0.2, 0.25) is 0 Å². The van der Waals surface area contributed by atoms with Gasteiger partial charge in [-0.05, 0) is 30.7 Å². The number of aliphatic imine (C=N–C) groups is 1. The van der Waals surface area contributed by atoms with E-state index in [0.717, 1.165) is 28.4 Å². The van der Waals surface area contributed by atoms with E-state index in [4.69, 9.17) is 4.74 Å². The third kappa shape index (κ3) is 1.90. The molecule has 0 atom stereocenters. The average molecular weight is 266 g/mol. The number of nitrogens with zero attached hydrogens (tertiary/aromatic N) is 2. The second-order valence-electron chi connectivity index (χ2n) is 5.65. The van der Waals surface area contributed by atoms with Crippen LogP contribution in [-0.4, -0.2) is 17.8 Å². The molecule has 0 saturated heterocycles. The van der Waals surface area contributed by atoms with Gasteiger partial charge in [0.15, 0.2) is 5.82 Å². The second-order valence-corrected chi connectivity index (χ2v) is 5.65. The molecule has 0 spiro atoms. The lowest BCUT2D eigenvalue weighted by Gasteiger charge is -2.20. The zero-order chi connectivity index (χ0) is 14.3. The minimum Gasteiger partial charge on any atom is -0.497 e. The number of hydrogen-bond acceptors (Lipinski definition) is 3. The van der Waals surface area contributed by atoms with Crippen LogP contribution in [0.5, 0.6) is 5.75 Å². The maximum atomic E-state index is 5.19. The predicted octanol–water partition coefficient (Wildman–Crippen LogP) is 4.14. The maximum Gasteiger partial charge on any atom is 0.155 e. The van der Waals surface area contributed by atoms with Crippen LogP contribution < -0.4 is 4.74 Å². The van der Waals surface area contributed by atoms with E-state index in [2.05, 4.69) is 48.9 Å². The molecular weight excluding hydrogens is 248 g/mol. The number of benzene rings is 1. The zero-order valence-electron chi connectivity index (χ0n) is 12.3. The minimum atomic E-state index is -0.0369. The summed E-state index contributed by atoms with van der Waals surface area (Å²) >= 11 is 0. The van der Waals surface area contributed by atoms with Crippen LogP contribution in [0, 0.1) is 0 Å². The zero-order valence-corrected chi connectivity index (χ0v) is 12.3. The predicted molar refractivity (Wildman–Crippen MR) is 82.0 cm³/mol. The summed E-state index contributed by atoms with van der Waals surface area (Å²) in [4.78, 5) is 9.06. The van der Waals surface area contributed by atoms with Crippen molar-refractivity contribution >= 4 is 11.5 Å². The summed E-state index contributed by atoms with van der Waals surface area (Å²) in [5.41, 5.74) is 4.53. The van der Waals surface area contributed by atoms with Crippen LogP contribution in [0.25, 0.3) is 11.1 Å². The first-order valence-corrected chi connectivity index (χ1v) is 6.73. The topological polar surface area (TPSA) is 34.5 Å². The monoisotopic (exact) mass is 266 g/mol. The van der Waals surface area contributed by atoms with Gasteiger partial charge < -0.3 is 4.74 Å². The molecular formula is C17H18N2O. The highest BCUT2D eigenvalue weighted by molar-refractivity contribution is 5.99. The molecule has 1 aromatic heterocycles. The van der Waals surface area contributed by atoms with Crippen molar-refractivity contribution < 1.29 is 4.74 Å². The van der Waals surface area contributed by atoms with Gasteiger partial charge >= 0.3 is 0 Å². The average Bonchev–Trinajstić information content (AvgIpc) is 2.69. The number of rotatable bonds is 2. The molecule has 2 heterocycles. The molecule has 0 bridgehead atoms. The fourth-order valence-corrected chi connectivity index (χ4v) is 2.44. The summed E-state index contributed by atoms with van der Waals surface area (Å²) in [6.45, 7) is 6.45. The Morgan fingerprint density at radius 3 is 2.40 bits per heavy atom. The summed E-state index contributed by atoms with van der Waals surface area (Å²) in [7, 11) is 1.68. The van der Waals surface area contributed by atoms with Gasteiger partial charge in [0, 0.05) is 28.5 Å². The first-order valence-electron chi connectivity index (χ1n) is 6.73. The first kappa shape index (κ1) is 12.9. The lowest BCUT2D eigenvalue weighted by molar-refractivity contribution is 0.415. The Balaban J connectivity index is 2.04. The van der Waals surface area contributed by atoms with Gasteiger partial charge in [-0.2, -0.15) is 0 Å². The van der Waals surface area contributed by atoms with Gasteiger partial charge in [-0.15, -0.1) is 0 Å².